The lowest BCUT2D eigenvalue weighted by Crippen LogP contribution is -2.28. The van der Waals surface area contributed by atoms with Crippen molar-refractivity contribution in [3.05, 3.63) is 11.3 Å². The number of ether oxygens (including phenoxy) is 2. The molecule has 1 fully saturated rings. The lowest BCUT2D eigenvalue weighted by molar-refractivity contribution is -0.190. The molecule has 0 spiro atoms. The molecule has 1 unspecified atom stereocenters. The number of rotatable bonds is 17. The first-order chi connectivity index (χ1) is 14.1. The van der Waals surface area contributed by atoms with Crippen LogP contribution >= 0.6 is 0 Å². The molecule has 5 heteroatoms. The summed E-state index contributed by atoms with van der Waals surface area (Å²) in [5, 5.41) is 20.1. The molecule has 1 aliphatic rings. The van der Waals surface area contributed by atoms with Crippen LogP contribution in [0.25, 0.3) is 0 Å². The van der Waals surface area contributed by atoms with Gasteiger partial charge in [-0.05, 0) is 38.5 Å². The molecule has 2 atom stereocenters. The second-order valence-corrected chi connectivity index (χ2v) is 8.36. The average molecular weight is 413 g/mol. The van der Waals surface area contributed by atoms with Gasteiger partial charge in [-0.1, -0.05) is 71.6 Å². The second kappa shape index (κ2) is 16.7. The zero-order valence-electron chi connectivity index (χ0n) is 18.8. The van der Waals surface area contributed by atoms with Crippen molar-refractivity contribution in [1.82, 2.24) is 0 Å². The lowest BCUT2D eigenvalue weighted by Gasteiger charge is -2.28. The molecule has 1 aliphatic heterocycles. The molecule has 1 heterocycles. The molecule has 1 saturated heterocycles. The predicted molar refractivity (Wildman–Crippen MR) is 117 cm³/mol. The summed E-state index contributed by atoms with van der Waals surface area (Å²) in [6, 6.07) is 0. The Kier molecular flexibility index (Phi) is 15.0. The summed E-state index contributed by atoms with van der Waals surface area (Å²) < 4.78 is 11.7. The van der Waals surface area contributed by atoms with E-state index in [0.717, 1.165) is 57.8 Å². The number of aliphatic carboxylic acids is 1. The molecule has 0 aliphatic carbocycles. The first-order valence-corrected chi connectivity index (χ1v) is 12.0. The topological polar surface area (TPSA) is 76.0 Å². The minimum atomic E-state index is -1.01. The van der Waals surface area contributed by atoms with Gasteiger partial charge in [-0.3, -0.25) is 0 Å². The van der Waals surface area contributed by atoms with E-state index in [1.165, 1.54) is 32.1 Å². The molecule has 1 rings (SSSR count). The first kappa shape index (κ1) is 26.0. The SMILES string of the molecule is CCCCCCCCCCC(C(=O)O)=C(O)CC(CCCC)O[C@@H]1CCCCO1. The quantitative estimate of drug-likeness (QED) is 0.154. The van der Waals surface area contributed by atoms with E-state index in [2.05, 4.69) is 13.8 Å². The van der Waals surface area contributed by atoms with E-state index in [9.17, 15) is 15.0 Å². The van der Waals surface area contributed by atoms with Gasteiger partial charge in [0, 0.05) is 13.0 Å². The summed E-state index contributed by atoms with van der Waals surface area (Å²) in [5.74, 6) is -1.02. The number of aliphatic hydroxyl groups is 1. The van der Waals surface area contributed by atoms with E-state index < -0.39 is 5.97 Å². The number of carbonyl (C=O) groups is 1. The van der Waals surface area contributed by atoms with Crippen molar-refractivity contribution >= 4 is 5.97 Å². The van der Waals surface area contributed by atoms with Crippen LogP contribution in [0, 0.1) is 0 Å². The third kappa shape index (κ3) is 12.3. The lowest BCUT2D eigenvalue weighted by atomic mass is 10.0. The maximum Gasteiger partial charge on any atom is 0.334 e. The van der Waals surface area contributed by atoms with Crippen LogP contribution in [0.4, 0.5) is 0 Å². The highest BCUT2D eigenvalue weighted by Crippen LogP contribution is 2.24. The van der Waals surface area contributed by atoms with Gasteiger partial charge in [-0.15, -0.1) is 0 Å². The molecule has 29 heavy (non-hydrogen) atoms. The van der Waals surface area contributed by atoms with Crippen LogP contribution in [0.2, 0.25) is 0 Å². The molecule has 0 radical (unpaired) electrons. The van der Waals surface area contributed by atoms with Gasteiger partial charge in [0.1, 0.15) is 5.76 Å². The molecule has 0 aromatic heterocycles. The van der Waals surface area contributed by atoms with Gasteiger partial charge in [0.15, 0.2) is 6.29 Å². The van der Waals surface area contributed by atoms with Crippen LogP contribution in [-0.2, 0) is 14.3 Å². The molecule has 0 saturated carbocycles. The molecular formula is C24H44O5. The van der Waals surface area contributed by atoms with Crippen molar-refractivity contribution in [2.75, 3.05) is 6.61 Å². The summed E-state index contributed by atoms with van der Waals surface area (Å²) in [4.78, 5) is 11.7. The maximum atomic E-state index is 11.7. The normalized spacial score (nSPS) is 19.0. The Morgan fingerprint density at radius 2 is 1.62 bits per heavy atom. The number of aliphatic hydroxyl groups excluding tert-OH is 1. The molecule has 170 valence electrons. The van der Waals surface area contributed by atoms with Gasteiger partial charge in [0.2, 0.25) is 0 Å². The Morgan fingerprint density at radius 1 is 0.966 bits per heavy atom. The fraction of sp³-hybridized carbons (Fsp3) is 0.875. The van der Waals surface area contributed by atoms with Crippen LogP contribution < -0.4 is 0 Å². The predicted octanol–water partition coefficient (Wildman–Crippen LogP) is 6.91. The van der Waals surface area contributed by atoms with E-state index >= 15 is 0 Å². The van der Waals surface area contributed by atoms with Gasteiger partial charge in [-0.2, -0.15) is 0 Å². The summed E-state index contributed by atoms with van der Waals surface area (Å²) in [6.45, 7) is 5.05. The van der Waals surface area contributed by atoms with Crippen molar-refractivity contribution in [2.24, 2.45) is 0 Å². The van der Waals surface area contributed by atoms with Gasteiger partial charge < -0.3 is 19.7 Å². The van der Waals surface area contributed by atoms with Crippen LogP contribution in [-0.4, -0.2) is 35.2 Å². The summed E-state index contributed by atoms with van der Waals surface area (Å²) in [7, 11) is 0. The molecule has 2 N–H and O–H groups in total. The van der Waals surface area contributed by atoms with Crippen LogP contribution in [0.15, 0.2) is 11.3 Å². The van der Waals surface area contributed by atoms with Crippen molar-refractivity contribution < 1.29 is 24.5 Å². The van der Waals surface area contributed by atoms with E-state index in [-0.39, 0.29) is 30.1 Å². The smallest absolute Gasteiger partial charge is 0.334 e. The Labute approximate surface area is 177 Å². The van der Waals surface area contributed by atoms with E-state index in [1.807, 2.05) is 0 Å². The molecule has 0 amide bonds. The van der Waals surface area contributed by atoms with E-state index in [4.69, 9.17) is 9.47 Å². The van der Waals surface area contributed by atoms with Crippen molar-refractivity contribution in [2.45, 2.75) is 129 Å². The largest absolute Gasteiger partial charge is 0.512 e. The van der Waals surface area contributed by atoms with Crippen LogP contribution in [0.3, 0.4) is 0 Å². The fourth-order valence-electron chi connectivity index (χ4n) is 3.83. The highest BCUT2D eigenvalue weighted by Gasteiger charge is 2.23. The number of unbranched alkanes of at least 4 members (excludes halogenated alkanes) is 8. The third-order valence-corrected chi connectivity index (χ3v) is 5.67. The Hall–Kier alpha value is -1.07. The second-order valence-electron chi connectivity index (χ2n) is 8.36. The molecule has 5 nitrogen and oxygen atoms in total. The van der Waals surface area contributed by atoms with Gasteiger partial charge in [0.25, 0.3) is 0 Å². The Bertz CT molecular complexity index is 454. The number of carboxylic acid groups (broad SMARTS) is 1. The Balaban J connectivity index is 2.49. The van der Waals surface area contributed by atoms with Crippen molar-refractivity contribution in [1.29, 1.82) is 0 Å². The highest BCUT2D eigenvalue weighted by molar-refractivity contribution is 5.87. The average Bonchev–Trinajstić information content (AvgIpc) is 2.71. The molecule has 0 aromatic rings. The van der Waals surface area contributed by atoms with Crippen LogP contribution in [0.5, 0.6) is 0 Å². The molecular weight excluding hydrogens is 368 g/mol. The Morgan fingerprint density at radius 3 is 2.21 bits per heavy atom. The minimum absolute atomic E-state index is 0.0163. The number of hydrogen-bond acceptors (Lipinski definition) is 4. The van der Waals surface area contributed by atoms with Gasteiger partial charge in [0.05, 0.1) is 11.7 Å². The summed E-state index contributed by atoms with van der Waals surface area (Å²) >= 11 is 0. The molecule has 0 aromatic carbocycles. The van der Waals surface area contributed by atoms with Crippen LogP contribution in [0.1, 0.15) is 117 Å². The van der Waals surface area contributed by atoms with Crippen molar-refractivity contribution in [3.8, 4) is 0 Å². The number of carboxylic acids is 1. The zero-order chi connectivity index (χ0) is 21.3. The first-order valence-electron chi connectivity index (χ1n) is 12.0. The van der Waals surface area contributed by atoms with E-state index in [1.54, 1.807) is 0 Å². The van der Waals surface area contributed by atoms with Crippen molar-refractivity contribution in [3.63, 3.8) is 0 Å². The molecule has 0 bridgehead atoms. The fourth-order valence-corrected chi connectivity index (χ4v) is 3.83. The monoisotopic (exact) mass is 412 g/mol. The summed E-state index contributed by atoms with van der Waals surface area (Å²) in [5.41, 5.74) is 0.158. The zero-order valence-corrected chi connectivity index (χ0v) is 18.8. The third-order valence-electron chi connectivity index (χ3n) is 5.67. The standard InChI is InChI=1S/C24H44O5/c1-3-5-7-8-9-10-11-12-16-21(24(26)27)22(25)19-20(15-6-4-2)29-23-17-13-14-18-28-23/h20,23,25H,3-19H2,1-2H3,(H,26,27)/t20?,23-/m1/s1. The number of hydrogen-bond donors (Lipinski definition) is 2. The van der Waals surface area contributed by atoms with Gasteiger partial charge >= 0.3 is 5.97 Å². The van der Waals surface area contributed by atoms with E-state index in [0.29, 0.717) is 13.0 Å². The highest BCUT2D eigenvalue weighted by atomic mass is 16.7. The van der Waals surface area contributed by atoms with Gasteiger partial charge in [-0.25, -0.2) is 4.79 Å². The minimum Gasteiger partial charge on any atom is -0.512 e. The summed E-state index contributed by atoms with van der Waals surface area (Å²) in [6.07, 6.45) is 15.4. The maximum absolute atomic E-state index is 11.7.